The number of aryl methyl sites for hydroxylation is 2. The molecule has 0 unspecified atom stereocenters. The van der Waals surface area contributed by atoms with E-state index in [1.54, 1.807) is 0 Å². The summed E-state index contributed by atoms with van der Waals surface area (Å²) in [6.45, 7) is 4.26. The molecule has 0 aliphatic carbocycles. The quantitative estimate of drug-likeness (QED) is 0.631. The number of carbonyl (C=O) groups excluding carboxylic acids is 1. The van der Waals surface area contributed by atoms with Crippen LogP contribution in [-0.4, -0.2) is 44.3 Å². The van der Waals surface area contributed by atoms with Gasteiger partial charge in [-0.2, -0.15) is 0 Å². The molecule has 0 spiro atoms. The number of aromatic amines is 1. The summed E-state index contributed by atoms with van der Waals surface area (Å²) in [5, 5.41) is 3.73. The van der Waals surface area contributed by atoms with E-state index in [2.05, 4.69) is 10.3 Å². The second kappa shape index (κ2) is 8.41. The van der Waals surface area contributed by atoms with Crippen molar-refractivity contribution in [2.45, 2.75) is 25.2 Å². The van der Waals surface area contributed by atoms with E-state index in [-0.39, 0.29) is 22.9 Å². The van der Waals surface area contributed by atoms with Crippen LogP contribution in [0.1, 0.15) is 27.0 Å². The Morgan fingerprint density at radius 2 is 1.73 bits per heavy atom. The molecule has 0 saturated heterocycles. The summed E-state index contributed by atoms with van der Waals surface area (Å²) in [5.41, 5.74) is 3.78. The van der Waals surface area contributed by atoms with Crippen molar-refractivity contribution < 1.29 is 13.2 Å². The topological polar surface area (TPSA) is 99.3 Å². The van der Waals surface area contributed by atoms with Crippen LogP contribution in [0, 0.1) is 13.8 Å². The minimum absolute atomic E-state index is 0.122. The van der Waals surface area contributed by atoms with Gasteiger partial charge >= 0.3 is 0 Å². The van der Waals surface area contributed by atoms with Gasteiger partial charge in [-0.25, -0.2) is 12.7 Å². The second-order valence-electron chi connectivity index (χ2n) is 7.41. The van der Waals surface area contributed by atoms with E-state index in [1.165, 1.54) is 38.4 Å². The zero-order chi connectivity index (χ0) is 22.1. The lowest BCUT2D eigenvalue weighted by Crippen LogP contribution is -2.27. The molecule has 0 aliphatic rings. The predicted octanol–water partition coefficient (Wildman–Crippen LogP) is 2.37. The lowest BCUT2D eigenvalue weighted by Gasteiger charge is -2.12. The van der Waals surface area contributed by atoms with Gasteiger partial charge < -0.3 is 10.3 Å². The molecule has 8 heteroatoms. The molecule has 30 heavy (non-hydrogen) atoms. The zero-order valence-electron chi connectivity index (χ0n) is 17.4. The molecule has 1 heterocycles. The average Bonchev–Trinajstić information content (AvgIpc) is 2.71. The third-order valence-electron chi connectivity index (χ3n) is 5.20. The smallest absolute Gasteiger partial charge is 0.251 e. The Bertz CT molecular complexity index is 1260. The molecular weight excluding hydrogens is 402 g/mol. The number of hydrogen-bond acceptors (Lipinski definition) is 4. The highest BCUT2D eigenvalue weighted by Gasteiger charge is 2.17. The molecule has 7 nitrogen and oxygen atoms in total. The Morgan fingerprint density at radius 1 is 1.07 bits per heavy atom. The van der Waals surface area contributed by atoms with Gasteiger partial charge in [0, 0.05) is 31.8 Å². The first-order chi connectivity index (χ1) is 14.1. The van der Waals surface area contributed by atoms with Gasteiger partial charge in [-0.15, -0.1) is 0 Å². The number of nitrogens with one attached hydrogen (secondary N) is 2. The van der Waals surface area contributed by atoms with Crippen molar-refractivity contribution in [3.63, 3.8) is 0 Å². The van der Waals surface area contributed by atoms with Crippen LogP contribution < -0.4 is 10.9 Å². The maximum atomic E-state index is 12.4. The number of H-pyrrole nitrogens is 1. The first-order valence-corrected chi connectivity index (χ1v) is 11.0. The van der Waals surface area contributed by atoms with Crippen molar-refractivity contribution in [3.8, 4) is 0 Å². The molecule has 3 rings (SSSR count). The number of amides is 1. The van der Waals surface area contributed by atoms with Crippen molar-refractivity contribution >= 4 is 26.8 Å². The third-order valence-corrected chi connectivity index (χ3v) is 7.03. The minimum Gasteiger partial charge on any atom is -0.352 e. The Morgan fingerprint density at radius 3 is 2.37 bits per heavy atom. The fraction of sp³-hybridized carbons (Fsp3) is 0.273. The SMILES string of the molecule is Cc1ccc2cc(CCNC(=O)c3ccc(S(=O)(=O)N(C)C)cc3)c(=O)[nH]c2c1C. The summed E-state index contributed by atoms with van der Waals surface area (Å²) in [7, 11) is -0.635. The molecule has 0 fully saturated rings. The summed E-state index contributed by atoms with van der Waals surface area (Å²) in [6, 6.07) is 11.6. The summed E-state index contributed by atoms with van der Waals surface area (Å²) >= 11 is 0. The standard InChI is InChI=1S/C22H25N3O4S/c1-14-5-6-17-13-18(22(27)24-20(17)15(14)2)11-12-23-21(26)16-7-9-19(10-8-16)30(28,29)25(3)4/h5-10,13H,11-12H2,1-4H3,(H,23,26)(H,24,27). The summed E-state index contributed by atoms with van der Waals surface area (Å²) in [4.78, 5) is 27.8. The lowest BCUT2D eigenvalue weighted by atomic mass is 10.0. The van der Waals surface area contributed by atoms with Gasteiger partial charge in [-0.3, -0.25) is 9.59 Å². The van der Waals surface area contributed by atoms with Gasteiger partial charge in [0.2, 0.25) is 10.0 Å². The van der Waals surface area contributed by atoms with Crippen LogP contribution in [0.15, 0.2) is 52.2 Å². The highest BCUT2D eigenvalue weighted by Crippen LogP contribution is 2.19. The molecule has 0 atom stereocenters. The van der Waals surface area contributed by atoms with E-state index in [1.807, 2.05) is 32.0 Å². The number of sulfonamides is 1. The van der Waals surface area contributed by atoms with E-state index in [4.69, 9.17) is 0 Å². The Kier molecular flexibility index (Phi) is 6.09. The molecule has 0 bridgehead atoms. The lowest BCUT2D eigenvalue weighted by molar-refractivity contribution is 0.0954. The van der Waals surface area contributed by atoms with Crippen molar-refractivity contribution in [1.82, 2.24) is 14.6 Å². The number of fused-ring (bicyclic) bond motifs is 1. The molecule has 3 aromatic rings. The van der Waals surface area contributed by atoms with Gasteiger partial charge in [0.25, 0.3) is 11.5 Å². The van der Waals surface area contributed by atoms with E-state index in [0.717, 1.165) is 26.3 Å². The molecule has 1 aromatic heterocycles. The van der Waals surface area contributed by atoms with Crippen LogP contribution in [0.25, 0.3) is 10.9 Å². The fourth-order valence-corrected chi connectivity index (χ4v) is 4.06. The van der Waals surface area contributed by atoms with E-state index < -0.39 is 10.0 Å². The largest absolute Gasteiger partial charge is 0.352 e. The van der Waals surface area contributed by atoms with Gasteiger partial charge in [0.05, 0.1) is 10.4 Å². The molecule has 0 radical (unpaired) electrons. The van der Waals surface area contributed by atoms with Crippen LogP contribution in [0.5, 0.6) is 0 Å². The van der Waals surface area contributed by atoms with E-state index in [9.17, 15) is 18.0 Å². The third kappa shape index (κ3) is 4.29. The number of aromatic nitrogens is 1. The Balaban J connectivity index is 1.68. The van der Waals surface area contributed by atoms with Crippen LogP contribution >= 0.6 is 0 Å². The number of nitrogens with zero attached hydrogens (tertiary/aromatic N) is 1. The zero-order valence-corrected chi connectivity index (χ0v) is 18.3. The van der Waals surface area contributed by atoms with Crippen LogP contribution in [-0.2, 0) is 16.4 Å². The number of rotatable bonds is 6. The molecule has 2 aromatic carbocycles. The molecule has 0 saturated carbocycles. The van der Waals surface area contributed by atoms with Crippen molar-refractivity contribution in [2.75, 3.05) is 20.6 Å². The fourth-order valence-electron chi connectivity index (χ4n) is 3.16. The van der Waals surface area contributed by atoms with Gasteiger partial charge in [-0.05, 0) is 67.1 Å². The highest BCUT2D eigenvalue weighted by atomic mass is 32.2. The van der Waals surface area contributed by atoms with E-state index >= 15 is 0 Å². The molecule has 0 aliphatic heterocycles. The maximum Gasteiger partial charge on any atom is 0.251 e. The number of pyridine rings is 1. The molecule has 2 N–H and O–H groups in total. The molecular formula is C22H25N3O4S. The minimum atomic E-state index is -3.54. The Labute approximate surface area is 175 Å². The first-order valence-electron chi connectivity index (χ1n) is 9.54. The monoisotopic (exact) mass is 427 g/mol. The predicted molar refractivity (Wildman–Crippen MR) is 117 cm³/mol. The molecule has 1 amide bonds. The highest BCUT2D eigenvalue weighted by molar-refractivity contribution is 7.89. The Hall–Kier alpha value is -2.97. The first kappa shape index (κ1) is 21.7. The van der Waals surface area contributed by atoms with Crippen LogP contribution in [0.3, 0.4) is 0 Å². The summed E-state index contributed by atoms with van der Waals surface area (Å²) in [6.07, 6.45) is 0.386. The summed E-state index contributed by atoms with van der Waals surface area (Å²) in [5.74, 6) is -0.326. The van der Waals surface area contributed by atoms with Gasteiger partial charge in [0.15, 0.2) is 0 Å². The second-order valence-corrected chi connectivity index (χ2v) is 9.56. The van der Waals surface area contributed by atoms with Crippen LogP contribution in [0.4, 0.5) is 0 Å². The van der Waals surface area contributed by atoms with Gasteiger partial charge in [-0.1, -0.05) is 12.1 Å². The van der Waals surface area contributed by atoms with Crippen LogP contribution in [0.2, 0.25) is 0 Å². The number of carbonyl (C=O) groups is 1. The molecule has 158 valence electrons. The summed E-state index contributed by atoms with van der Waals surface area (Å²) < 4.78 is 25.3. The normalized spacial score (nSPS) is 11.8. The van der Waals surface area contributed by atoms with Gasteiger partial charge in [0.1, 0.15) is 0 Å². The van der Waals surface area contributed by atoms with E-state index in [0.29, 0.717) is 17.5 Å². The van der Waals surface area contributed by atoms with Crippen molar-refractivity contribution in [1.29, 1.82) is 0 Å². The number of benzene rings is 2. The number of hydrogen-bond donors (Lipinski definition) is 2. The van der Waals surface area contributed by atoms with Crippen molar-refractivity contribution in [3.05, 3.63) is 75.1 Å². The average molecular weight is 428 g/mol. The maximum absolute atomic E-state index is 12.4. The van der Waals surface area contributed by atoms with Crippen molar-refractivity contribution in [2.24, 2.45) is 0 Å².